The van der Waals surface area contributed by atoms with Crippen LogP contribution < -0.4 is 0 Å². The van der Waals surface area contributed by atoms with Gasteiger partial charge >= 0.3 is 30.0 Å². The molecule has 0 bridgehead atoms. The van der Waals surface area contributed by atoms with E-state index in [9.17, 15) is 21.3 Å². The second-order valence-corrected chi connectivity index (χ2v) is 4.82. The van der Waals surface area contributed by atoms with Crippen LogP contribution in [0.5, 0.6) is 0 Å². The van der Waals surface area contributed by atoms with Crippen molar-refractivity contribution in [2.75, 3.05) is 0 Å². The Morgan fingerprint density at radius 1 is 0.917 bits per heavy atom. The Hall–Kier alpha value is -0.563. The molecule has 0 aromatic rings. The summed E-state index contributed by atoms with van der Waals surface area (Å²) < 4.78 is 70.9. The molecule has 0 aromatic heterocycles. The first kappa shape index (κ1) is 11.4. The normalized spacial score (nSPS) is 12.2. The van der Waals surface area contributed by atoms with Gasteiger partial charge in [-0.15, -0.1) is 0 Å². The van der Waals surface area contributed by atoms with E-state index in [-0.39, 0.29) is 0 Å². The zero-order valence-corrected chi connectivity index (χ0v) is 7.70. The minimum absolute atomic E-state index is 3.13. The van der Waals surface area contributed by atoms with Gasteiger partial charge in [0, 0.05) is 0 Å². The van der Waals surface area contributed by atoms with Crippen molar-refractivity contribution < 1.29 is 38.1 Å². The molecule has 0 fully saturated rings. The van der Waals surface area contributed by atoms with E-state index in [1.165, 1.54) is 0 Å². The van der Waals surface area contributed by atoms with Gasteiger partial charge in [0.15, 0.2) is 0 Å². The van der Waals surface area contributed by atoms with Crippen molar-refractivity contribution in [1.29, 1.82) is 0 Å². The van der Waals surface area contributed by atoms with Crippen molar-refractivity contribution in [2.45, 2.75) is 0 Å². The molecule has 0 atom stereocenters. The lowest BCUT2D eigenvalue weighted by atomic mass is 15.7. The first-order valence-corrected chi connectivity index (χ1v) is 5.93. The highest BCUT2D eigenvalue weighted by Crippen LogP contribution is 1.91. The van der Waals surface area contributed by atoms with E-state index in [1.807, 2.05) is 0 Å². The lowest BCUT2D eigenvalue weighted by molar-refractivity contribution is 0.296. The summed E-state index contributed by atoms with van der Waals surface area (Å²) >= 11 is 0. The van der Waals surface area contributed by atoms with Crippen molar-refractivity contribution in [2.24, 2.45) is 0 Å². The summed E-state index contributed by atoms with van der Waals surface area (Å²) in [6.45, 7) is 0. The van der Waals surface area contributed by atoms with Gasteiger partial charge in [-0.25, -0.2) is 0 Å². The van der Waals surface area contributed by atoms with Crippen LogP contribution in [-0.4, -0.2) is 35.1 Å². The molecule has 0 aliphatic heterocycles. The third-order valence-electron chi connectivity index (χ3n) is 0.347. The van der Waals surface area contributed by atoms with Crippen LogP contribution in [0.25, 0.3) is 0 Å². The highest BCUT2D eigenvalue weighted by molar-refractivity contribution is 7.83. The molecule has 0 rings (SSSR count). The van der Waals surface area contributed by atoms with E-state index in [0.29, 0.717) is 0 Å². The average Bonchev–Trinajstić information content (AvgIpc) is 1.49. The van der Waals surface area contributed by atoms with Crippen LogP contribution in [0.3, 0.4) is 0 Å². The van der Waals surface area contributed by atoms with Crippen LogP contribution in [0, 0.1) is 0 Å². The molecule has 12 heavy (non-hydrogen) atoms. The quantitative estimate of drug-likeness (QED) is 0.421. The van der Waals surface area contributed by atoms with Gasteiger partial charge in [0.25, 0.3) is 0 Å². The molecule has 0 heterocycles. The minimum Gasteiger partial charge on any atom is -0.359 e. The van der Waals surface area contributed by atoms with E-state index in [4.69, 9.17) is 9.11 Å². The van der Waals surface area contributed by atoms with Crippen molar-refractivity contribution in [3.63, 3.8) is 0 Å². The van der Waals surface area contributed by atoms with Crippen LogP contribution >= 0.6 is 0 Å². The van der Waals surface area contributed by atoms with Gasteiger partial charge in [-0.2, -0.15) is 16.8 Å². The Kier molecular flexibility index (Phi) is 3.28. The summed E-state index contributed by atoms with van der Waals surface area (Å²) in [5.41, 5.74) is 0. The van der Waals surface area contributed by atoms with Crippen LogP contribution in [0.15, 0.2) is 0 Å². The Morgan fingerprint density at radius 3 is 1.33 bits per heavy atom. The van der Waals surface area contributed by atoms with E-state index in [1.54, 1.807) is 0 Å². The van der Waals surface area contributed by atoms with E-state index in [0.717, 1.165) is 0 Å². The van der Waals surface area contributed by atoms with Gasteiger partial charge in [-0.05, 0) is 0 Å². The maximum absolute atomic E-state index is 10.1. The molecule has 0 saturated carbocycles. The number of hydrogen-bond donors (Lipinski definition) is 2. The summed E-state index contributed by atoms with van der Waals surface area (Å²) in [7, 11) is -14.2. The first-order chi connectivity index (χ1) is 5.10. The summed E-state index contributed by atoms with van der Waals surface area (Å²) in [6, 6.07) is 0. The monoisotopic (exact) mass is 238 g/mol. The van der Waals surface area contributed by atoms with Crippen LogP contribution in [0.2, 0.25) is 0 Å². The Morgan fingerprint density at radius 2 is 1.17 bits per heavy atom. The fourth-order valence-corrected chi connectivity index (χ4v) is 1.92. The van der Waals surface area contributed by atoms with E-state index >= 15 is 0 Å². The van der Waals surface area contributed by atoms with Crippen molar-refractivity contribution in [3.8, 4) is 0 Å². The predicted molar refractivity (Wildman–Crippen MR) is 31.7 cm³/mol. The summed E-state index contributed by atoms with van der Waals surface area (Å²) in [6.07, 6.45) is 0. The largest absolute Gasteiger partial charge is 0.803 e. The highest BCUT2D eigenvalue weighted by Gasteiger charge is 2.25. The lowest BCUT2D eigenvalue weighted by Crippen LogP contribution is -2.20. The molecule has 0 unspecified atom stereocenters. The molecule has 0 aromatic carbocycles. The predicted octanol–water partition coefficient (Wildman–Crippen LogP) is -1.96. The number of rotatable bonds is 4. The molecule has 0 amide bonds. The Bertz CT molecular complexity index is 319. The highest BCUT2D eigenvalue weighted by atomic mass is 32.3. The molecular formula is H2O9S2Si. The molecular weight excluding hydrogens is 236 g/mol. The Labute approximate surface area is 68.7 Å². The molecule has 0 radical (unpaired) electrons. The second-order valence-electron chi connectivity index (χ2n) is 1.27. The third-order valence-corrected chi connectivity index (χ3v) is 3.12. The maximum atomic E-state index is 10.1. The van der Waals surface area contributed by atoms with Crippen molar-refractivity contribution in [3.05, 3.63) is 0 Å². The molecule has 0 aliphatic rings. The Balaban J connectivity index is 4.30. The topological polar surface area (TPSA) is 144 Å². The fourth-order valence-electron chi connectivity index (χ4n) is 0.186. The summed E-state index contributed by atoms with van der Waals surface area (Å²) in [4.78, 5) is 0. The van der Waals surface area contributed by atoms with Crippen molar-refractivity contribution in [1.82, 2.24) is 0 Å². The average molecular weight is 238 g/mol. The second kappa shape index (κ2) is 3.44. The van der Waals surface area contributed by atoms with Crippen LogP contribution in [0.4, 0.5) is 0 Å². The molecule has 9 nitrogen and oxygen atoms in total. The number of hydrogen-bond acceptors (Lipinski definition) is 7. The molecule has 72 valence electrons. The molecule has 12 heteroatoms. The zero-order chi connectivity index (χ0) is 9.99. The SMILES string of the molecule is O=[Si](OS(=O)(=O)O)OS(=O)(=O)O. The smallest absolute Gasteiger partial charge is 0.359 e. The van der Waals surface area contributed by atoms with Gasteiger partial charge in [-0.3, -0.25) is 13.6 Å². The van der Waals surface area contributed by atoms with Crippen molar-refractivity contribution >= 4 is 30.0 Å². The first-order valence-electron chi connectivity index (χ1n) is 1.98. The summed E-state index contributed by atoms with van der Waals surface area (Å²) in [5.74, 6) is 0. The van der Waals surface area contributed by atoms with Gasteiger partial charge in [0.1, 0.15) is 0 Å². The van der Waals surface area contributed by atoms with Crippen LogP contribution in [-0.2, 0) is 33.0 Å². The zero-order valence-electron chi connectivity index (χ0n) is 5.07. The van der Waals surface area contributed by atoms with Gasteiger partial charge < -0.3 is 7.74 Å². The standard InChI is InChI=1S/H2O9S2Si/c1-10(2,3)8-12(7)9-11(4,5)6/h(H,1,2,3)(H,4,5,6). The molecule has 0 saturated heterocycles. The van der Waals surface area contributed by atoms with E-state index in [2.05, 4.69) is 7.74 Å². The molecule has 2 N–H and O–H groups in total. The van der Waals surface area contributed by atoms with Gasteiger partial charge in [0.2, 0.25) is 0 Å². The lowest BCUT2D eigenvalue weighted by Gasteiger charge is -1.96. The fraction of sp³-hybridized carbons (Fsp3) is 0. The maximum Gasteiger partial charge on any atom is 0.803 e. The minimum atomic E-state index is -5.06. The van der Waals surface area contributed by atoms with Crippen LogP contribution in [0.1, 0.15) is 0 Å². The summed E-state index contributed by atoms with van der Waals surface area (Å²) in [5, 5.41) is 0. The van der Waals surface area contributed by atoms with E-state index < -0.39 is 30.0 Å². The third kappa shape index (κ3) is 7.54. The molecule has 0 spiro atoms. The molecule has 0 aliphatic carbocycles. The van der Waals surface area contributed by atoms with Gasteiger partial charge in [-0.1, -0.05) is 0 Å². The van der Waals surface area contributed by atoms with Gasteiger partial charge in [0.05, 0.1) is 0 Å².